The second-order valence-corrected chi connectivity index (χ2v) is 9.24. The molecule has 0 radical (unpaired) electrons. The van der Waals surface area contributed by atoms with E-state index in [2.05, 4.69) is 50.9 Å². The molecule has 1 unspecified atom stereocenters. The third kappa shape index (κ3) is 6.20. The zero-order chi connectivity index (χ0) is 26.3. The van der Waals surface area contributed by atoms with E-state index in [0.29, 0.717) is 30.4 Å². The Labute approximate surface area is 226 Å². The standard InChI is InChI=1S/C30H28N4O5/c1-3-9-21(10-4-1)15-23-17-35-19-28(38-23)32-30-34-33-29(39-30)24-13-7-8-14-25(24)31-26(27-18-36-20-37-27)16-22-11-5-2-6-12-22/h1-3,5-9,11-14,17-18,26,31H,4,10,15-16,19-20H2. The van der Waals surface area contributed by atoms with Gasteiger partial charge in [0.05, 0.1) is 11.6 Å². The van der Waals surface area contributed by atoms with Crippen molar-refractivity contribution < 1.29 is 23.4 Å². The lowest BCUT2D eigenvalue weighted by molar-refractivity contribution is 0.0764. The summed E-state index contributed by atoms with van der Waals surface area (Å²) in [5.74, 6) is 2.13. The van der Waals surface area contributed by atoms with Crippen LogP contribution in [0.3, 0.4) is 0 Å². The zero-order valence-corrected chi connectivity index (χ0v) is 21.3. The van der Waals surface area contributed by atoms with Crippen LogP contribution in [0.1, 0.15) is 24.8 Å². The predicted octanol–water partition coefficient (Wildman–Crippen LogP) is 6.19. The van der Waals surface area contributed by atoms with Crippen molar-refractivity contribution in [1.82, 2.24) is 10.2 Å². The molecule has 0 amide bonds. The summed E-state index contributed by atoms with van der Waals surface area (Å²) in [4.78, 5) is 4.41. The number of anilines is 1. The number of hydrogen-bond donors (Lipinski definition) is 1. The molecule has 0 saturated carbocycles. The summed E-state index contributed by atoms with van der Waals surface area (Å²) < 4.78 is 28.5. The Kier molecular flexibility index (Phi) is 7.38. The molecule has 1 aliphatic carbocycles. The number of benzene rings is 2. The maximum absolute atomic E-state index is 5.95. The van der Waals surface area contributed by atoms with Crippen LogP contribution in [0.2, 0.25) is 0 Å². The molecule has 3 aromatic rings. The molecule has 3 heterocycles. The van der Waals surface area contributed by atoms with Crippen molar-refractivity contribution in [3.05, 3.63) is 108 Å². The van der Waals surface area contributed by atoms with Crippen LogP contribution >= 0.6 is 0 Å². The molecule has 0 bridgehead atoms. The van der Waals surface area contributed by atoms with Gasteiger partial charge in [0.1, 0.15) is 18.3 Å². The number of rotatable bonds is 9. The lowest BCUT2D eigenvalue weighted by atomic mass is 10.0. The van der Waals surface area contributed by atoms with E-state index in [1.165, 1.54) is 11.1 Å². The van der Waals surface area contributed by atoms with Gasteiger partial charge in [-0.25, -0.2) is 0 Å². The Morgan fingerprint density at radius 1 is 0.974 bits per heavy atom. The van der Waals surface area contributed by atoms with E-state index in [1.807, 2.05) is 42.5 Å². The molecule has 0 spiro atoms. The molecular weight excluding hydrogens is 496 g/mol. The maximum atomic E-state index is 5.95. The van der Waals surface area contributed by atoms with Gasteiger partial charge in [-0.2, -0.15) is 4.99 Å². The average molecular weight is 525 g/mol. The first kappa shape index (κ1) is 24.5. The van der Waals surface area contributed by atoms with Gasteiger partial charge in [-0.15, -0.1) is 5.10 Å². The minimum atomic E-state index is -0.161. The number of ether oxygens (including phenoxy) is 4. The molecule has 198 valence electrons. The Balaban J connectivity index is 1.18. The second-order valence-electron chi connectivity index (χ2n) is 9.24. The molecule has 0 saturated heterocycles. The van der Waals surface area contributed by atoms with Crippen LogP contribution in [0.5, 0.6) is 0 Å². The summed E-state index contributed by atoms with van der Waals surface area (Å²) in [5, 5.41) is 12.0. The van der Waals surface area contributed by atoms with E-state index >= 15 is 0 Å². The van der Waals surface area contributed by atoms with Gasteiger partial charge >= 0.3 is 6.01 Å². The van der Waals surface area contributed by atoms with Crippen LogP contribution in [0.15, 0.2) is 112 Å². The molecule has 2 aromatic carbocycles. The third-order valence-electron chi connectivity index (χ3n) is 6.41. The van der Waals surface area contributed by atoms with Crippen molar-refractivity contribution in [3.63, 3.8) is 0 Å². The van der Waals surface area contributed by atoms with Gasteiger partial charge in [-0.05, 0) is 37.0 Å². The van der Waals surface area contributed by atoms with E-state index in [4.69, 9.17) is 23.4 Å². The fourth-order valence-corrected chi connectivity index (χ4v) is 4.53. The topological polar surface area (TPSA) is 100 Å². The molecule has 1 aromatic heterocycles. The number of aromatic nitrogens is 2. The fraction of sp³-hybridized carbons (Fsp3) is 0.233. The van der Waals surface area contributed by atoms with Crippen molar-refractivity contribution in [2.45, 2.75) is 31.7 Å². The lowest BCUT2D eigenvalue weighted by Crippen LogP contribution is -2.25. The summed E-state index contributed by atoms with van der Waals surface area (Å²) in [5.41, 5.74) is 4.01. The molecule has 2 aliphatic heterocycles. The summed E-state index contributed by atoms with van der Waals surface area (Å²) in [6, 6.07) is 17.9. The molecular formula is C30H28N4O5. The molecule has 3 aliphatic rings. The SMILES string of the molecule is C1=CCCC(CC2=COCC(=Nc3nnc(-c4ccccc4NC(Cc4ccccc4)C4=COCO4)o3)O2)=C1. The minimum Gasteiger partial charge on any atom is -0.488 e. The van der Waals surface area contributed by atoms with Gasteiger partial charge in [0.25, 0.3) is 5.89 Å². The Morgan fingerprint density at radius 2 is 1.87 bits per heavy atom. The number of nitrogens with one attached hydrogen (secondary N) is 1. The highest BCUT2D eigenvalue weighted by atomic mass is 16.7. The van der Waals surface area contributed by atoms with E-state index in [0.717, 1.165) is 29.9 Å². The average Bonchev–Trinajstić information content (AvgIpc) is 3.68. The number of aliphatic imine (C=N–C) groups is 1. The summed E-state index contributed by atoms with van der Waals surface area (Å²) in [6.07, 6.45) is 13.0. The third-order valence-corrected chi connectivity index (χ3v) is 6.41. The van der Waals surface area contributed by atoms with Crippen molar-refractivity contribution in [3.8, 4) is 11.5 Å². The monoisotopic (exact) mass is 524 g/mol. The number of nitrogens with zero attached hydrogens (tertiary/aromatic N) is 3. The first-order chi connectivity index (χ1) is 19.3. The van der Waals surface area contributed by atoms with Gasteiger partial charge in [0.2, 0.25) is 12.7 Å². The quantitative estimate of drug-likeness (QED) is 0.354. The minimum absolute atomic E-state index is 0.0931. The van der Waals surface area contributed by atoms with Crippen molar-refractivity contribution in [1.29, 1.82) is 0 Å². The first-order valence-corrected chi connectivity index (χ1v) is 12.9. The van der Waals surface area contributed by atoms with Crippen LogP contribution in [0.4, 0.5) is 11.7 Å². The summed E-state index contributed by atoms with van der Waals surface area (Å²) in [7, 11) is 0. The van der Waals surface area contributed by atoms with Gasteiger partial charge < -0.3 is 28.7 Å². The molecule has 6 rings (SSSR count). The molecule has 9 nitrogen and oxygen atoms in total. The van der Waals surface area contributed by atoms with Crippen LogP contribution in [-0.2, 0) is 25.4 Å². The Bertz CT molecular complexity index is 1450. The van der Waals surface area contributed by atoms with Crippen LogP contribution in [0, 0.1) is 0 Å². The van der Waals surface area contributed by atoms with Crippen molar-refractivity contribution in [2.24, 2.45) is 4.99 Å². The Hall–Kier alpha value is -4.79. The Morgan fingerprint density at radius 3 is 2.72 bits per heavy atom. The zero-order valence-electron chi connectivity index (χ0n) is 21.3. The molecule has 1 atom stereocenters. The first-order valence-electron chi connectivity index (χ1n) is 12.9. The van der Waals surface area contributed by atoms with E-state index in [9.17, 15) is 0 Å². The van der Waals surface area contributed by atoms with Crippen molar-refractivity contribution in [2.75, 3.05) is 18.7 Å². The molecule has 9 heteroatoms. The predicted molar refractivity (Wildman–Crippen MR) is 146 cm³/mol. The molecule has 0 fully saturated rings. The number of hydrogen-bond acceptors (Lipinski definition) is 9. The lowest BCUT2D eigenvalue weighted by Gasteiger charge is -2.21. The van der Waals surface area contributed by atoms with Gasteiger partial charge in [0, 0.05) is 12.1 Å². The van der Waals surface area contributed by atoms with Gasteiger partial charge in [0.15, 0.2) is 12.4 Å². The highest BCUT2D eigenvalue weighted by Gasteiger charge is 2.23. The van der Waals surface area contributed by atoms with E-state index in [1.54, 1.807) is 12.5 Å². The number of para-hydroxylation sites is 1. The second kappa shape index (κ2) is 11.7. The van der Waals surface area contributed by atoms with E-state index in [-0.39, 0.29) is 25.5 Å². The normalized spacial score (nSPS) is 18.2. The van der Waals surface area contributed by atoms with Gasteiger partial charge in [-0.1, -0.05) is 71.4 Å². The molecule has 39 heavy (non-hydrogen) atoms. The maximum Gasteiger partial charge on any atom is 0.345 e. The van der Waals surface area contributed by atoms with E-state index < -0.39 is 0 Å². The van der Waals surface area contributed by atoms with Crippen LogP contribution in [0.25, 0.3) is 11.5 Å². The summed E-state index contributed by atoms with van der Waals surface area (Å²) in [6.45, 7) is 0.394. The van der Waals surface area contributed by atoms with Gasteiger partial charge in [-0.3, -0.25) is 0 Å². The summed E-state index contributed by atoms with van der Waals surface area (Å²) >= 11 is 0. The smallest absolute Gasteiger partial charge is 0.345 e. The number of allylic oxidation sites excluding steroid dienone is 4. The fourth-order valence-electron chi connectivity index (χ4n) is 4.53. The van der Waals surface area contributed by atoms with Crippen molar-refractivity contribution >= 4 is 17.6 Å². The van der Waals surface area contributed by atoms with Crippen LogP contribution < -0.4 is 5.32 Å². The largest absolute Gasteiger partial charge is 0.488 e. The molecule has 1 N–H and O–H groups in total. The highest BCUT2D eigenvalue weighted by molar-refractivity contribution is 5.81. The highest BCUT2D eigenvalue weighted by Crippen LogP contribution is 2.31. The van der Waals surface area contributed by atoms with Crippen LogP contribution in [-0.4, -0.2) is 35.5 Å².